The highest BCUT2D eigenvalue weighted by atomic mass is 15.2. The molecule has 0 amide bonds. The Morgan fingerprint density at radius 2 is 2.28 bits per heavy atom. The second kappa shape index (κ2) is 8.65. The molecule has 6 nitrogen and oxygen atoms in total. The predicted molar refractivity (Wildman–Crippen MR) is 101 cm³/mol. The monoisotopic (exact) mass is 340 g/mol. The second-order valence-electron chi connectivity index (χ2n) is 6.84. The SMILES string of the molecule is CCNC(=NCc1cccc(-c2ncn[nH]2)c1)NC1CCCC(C)C1. The zero-order chi connectivity index (χ0) is 17.5. The second-order valence-corrected chi connectivity index (χ2v) is 6.84. The third kappa shape index (κ3) is 5.05. The van der Waals surface area contributed by atoms with Crippen molar-refractivity contribution in [2.45, 2.75) is 52.1 Å². The van der Waals surface area contributed by atoms with Crippen molar-refractivity contribution in [3.8, 4) is 11.4 Å². The van der Waals surface area contributed by atoms with Gasteiger partial charge in [0.1, 0.15) is 6.33 Å². The third-order valence-corrected chi connectivity index (χ3v) is 4.66. The van der Waals surface area contributed by atoms with Crippen LogP contribution in [0.4, 0.5) is 0 Å². The molecule has 1 fully saturated rings. The molecular formula is C19H28N6. The van der Waals surface area contributed by atoms with E-state index < -0.39 is 0 Å². The van der Waals surface area contributed by atoms with Crippen LogP contribution in [-0.2, 0) is 6.54 Å². The Morgan fingerprint density at radius 3 is 3.04 bits per heavy atom. The average Bonchev–Trinajstić information content (AvgIpc) is 3.15. The Labute approximate surface area is 149 Å². The topological polar surface area (TPSA) is 78.0 Å². The molecular weight excluding hydrogens is 312 g/mol. The first-order chi connectivity index (χ1) is 12.2. The van der Waals surface area contributed by atoms with E-state index in [2.05, 4.69) is 51.8 Å². The molecule has 2 unspecified atom stereocenters. The molecule has 2 atom stereocenters. The van der Waals surface area contributed by atoms with Gasteiger partial charge in [-0.25, -0.2) is 9.98 Å². The first kappa shape index (κ1) is 17.5. The minimum atomic E-state index is 0.530. The van der Waals surface area contributed by atoms with Crippen LogP contribution in [0.1, 0.15) is 45.1 Å². The van der Waals surface area contributed by atoms with Crippen LogP contribution in [0.3, 0.4) is 0 Å². The van der Waals surface area contributed by atoms with Gasteiger partial charge in [0.15, 0.2) is 11.8 Å². The lowest BCUT2D eigenvalue weighted by atomic mass is 9.87. The quantitative estimate of drug-likeness (QED) is 0.577. The van der Waals surface area contributed by atoms with Gasteiger partial charge in [0.05, 0.1) is 6.54 Å². The summed E-state index contributed by atoms with van der Waals surface area (Å²) in [7, 11) is 0. The molecule has 134 valence electrons. The van der Waals surface area contributed by atoms with E-state index in [4.69, 9.17) is 4.99 Å². The maximum atomic E-state index is 4.77. The number of nitrogens with one attached hydrogen (secondary N) is 3. The first-order valence-electron chi connectivity index (χ1n) is 9.24. The number of aromatic amines is 1. The number of benzene rings is 1. The molecule has 3 rings (SSSR count). The molecule has 6 heteroatoms. The highest BCUT2D eigenvalue weighted by Crippen LogP contribution is 2.23. The molecule has 25 heavy (non-hydrogen) atoms. The fourth-order valence-electron chi connectivity index (χ4n) is 3.41. The van der Waals surface area contributed by atoms with Crippen LogP contribution in [0, 0.1) is 5.92 Å². The van der Waals surface area contributed by atoms with E-state index in [1.807, 2.05) is 12.1 Å². The Kier molecular flexibility index (Phi) is 6.04. The van der Waals surface area contributed by atoms with Gasteiger partial charge in [-0.2, -0.15) is 5.10 Å². The normalized spacial score (nSPS) is 21.1. The third-order valence-electron chi connectivity index (χ3n) is 4.66. The largest absolute Gasteiger partial charge is 0.357 e. The molecule has 1 saturated carbocycles. The van der Waals surface area contributed by atoms with Gasteiger partial charge in [0, 0.05) is 18.2 Å². The summed E-state index contributed by atoms with van der Waals surface area (Å²) in [5.41, 5.74) is 2.19. The van der Waals surface area contributed by atoms with Crippen LogP contribution >= 0.6 is 0 Å². The first-order valence-corrected chi connectivity index (χ1v) is 9.24. The number of hydrogen-bond acceptors (Lipinski definition) is 3. The smallest absolute Gasteiger partial charge is 0.191 e. The predicted octanol–water partition coefficient (Wildman–Crippen LogP) is 3.11. The maximum absolute atomic E-state index is 4.77. The van der Waals surface area contributed by atoms with E-state index in [-0.39, 0.29) is 0 Å². The van der Waals surface area contributed by atoms with Crippen molar-refractivity contribution >= 4 is 5.96 Å². The van der Waals surface area contributed by atoms with Gasteiger partial charge in [0.25, 0.3) is 0 Å². The van der Waals surface area contributed by atoms with E-state index in [0.717, 1.165) is 35.4 Å². The number of rotatable bonds is 5. The number of nitrogens with zero attached hydrogens (tertiary/aromatic N) is 3. The van der Waals surface area contributed by atoms with Crippen molar-refractivity contribution < 1.29 is 0 Å². The van der Waals surface area contributed by atoms with Gasteiger partial charge in [-0.1, -0.05) is 38.0 Å². The summed E-state index contributed by atoms with van der Waals surface area (Å²) in [5, 5.41) is 13.8. The van der Waals surface area contributed by atoms with Crippen LogP contribution in [0.2, 0.25) is 0 Å². The van der Waals surface area contributed by atoms with Gasteiger partial charge >= 0.3 is 0 Å². The summed E-state index contributed by atoms with van der Waals surface area (Å²) in [6, 6.07) is 8.79. The molecule has 1 heterocycles. The van der Waals surface area contributed by atoms with Crippen LogP contribution < -0.4 is 10.6 Å². The highest BCUT2D eigenvalue weighted by Gasteiger charge is 2.19. The molecule has 2 aromatic rings. The summed E-state index contributed by atoms with van der Waals surface area (Å²) in [4.78, 5) is 8.98. The molecule has 1 aliphatic rings. The highest BCUT2D eigenvalue weighted by molar-refractivity contribution is 5.80. The summed E-state index contributed by atoms with van der Waals surface area (Å²) in [6.07, 6.45) is 6.64. The van der Waals surface area contributed by atoms with E-state index >= 15 is 0 Å². The summed E-state index contributed by atoms with van der Waals surface area (Å²) in [5.74, 6) is 2.49. The summed E-state index contributed by atoms with van der Waals surface area (Å²) >= 11 is 0. The van der Waals surface area contributed by atoms with Crippen LogP contribution in [0.15, 0.2) is 35.6 Å². The Morgan fingerprint density at radius 1 is 1.36 bits per heavy atom. The molecule has 0 saturated heterocycles. The van der Waals surface area contributed by atoms with E-state index in [9.17, 15) is 0 Å². The molecule has 1 aromatic heterocycles. The van der Waals surface area contributed by atoms with Crippen LogP contribution in [-0.4, -0.2) is 33.7 Å². The van der Waals surface area contributed by atoms with Gasteiger partial charge in [0.2, 0.25) is 0 Å². The van der Waals surface area contributed by atoms with Crippen LogP contribution in [0.5, 0.6) is 0 Å². The Balaban J connectivity index is 1.66. The van der Waals surface area contributed by atoms with Crippen molar-refractivity contribution in [2.75, 3.05) is 6.54 Å². The van der Waals surface area contributed by atoms with Gasteiger partial charge in [-0.15, -0.1) is 0 Å². The number of aliphatic imine (C=N–C) groups is 1. The van der Waals surface area contributed by atoms with Gasteiger partial charge in [-0.3, -0.25) is 5.10 Å². The number of aromatic nitrogens is 3. The zero-order valence-electron chi connectivity index (χ0n) is 15.1. The van der Waals surface area contributed by atoms with E-state index in [0.29, 0.717) is 12.6 Å². The van der Waals surface area contributed by atoms with E-state index in [1.54, 1.807) is 0 Å². The summed E-state index contributed by atoms with van der Waals surface area (Å²) in [6.45, 7) is 5.95. The Hall–Kier alpha value is -2.37. The number of H-pyrrole nitrogens is 1. The van der Waals surface area contributed by atoms with Crippen molar-refractivity contribution in [1.29, 1.82) is 0 Å². The molecule has 3 N–H and O–H groups in total. The molecule has 1 aliphatic carbocycles. The zero-order valence-corrected chi connectivity index (χ0v) is 15.1. The summed E-state index contributed by atoms with van der Waals surface area (Å²) < 4.78 is 0. The van der Waals surface area contributed by atoms with Gasteiger partial charge in [-0.05, 0) is 37.3 Å². The molecule has 0 spiro atoms. The fraction of sp³-hybridized carbons (Fsp3) is 0.526. The minimum Gasteiger partial charge on any atom is -0.357 e. The van der Waals surface area contributed by atoms with Crippen molar-refractivity contribution in [2.24, 2.45) is 10.9 Å². The minimum absolute atomic E-state index is 0.530. The van der Waals surface area contributed by atoms with E-state index in [1.165, 1.54) is 32.0 Å². The van der Waals surface area contributed by atoms with Gasteiger partial charge < -0.3 is 10.6 Å². The number of guanidine groups is 1. The maximum Gasteiger partial charge on any atom is 0.191 e. The Bertz CT molecular complexity index is 679. The number of hydrogen-bond donors (Lipinski definition) is 3. The lowest BCUT2D eigenvalue weighted by molar-refractivity contribution is 0.324. The van der Waals surface area contributed by atoms with Crippen molar-refractivity contribution in [1.82, 2.24) is 25.8 Å². The fourth-order valence-corrected chi connectivity index (χ4v) is 3.41. The average molecular weight is 340 g/mol. The molecule has 0 bridgehead atoms. The molecule has 0 aliphatic heterocycles. The lowest BCUT2D eigenvalue weighted by Gasteiger charge is -2.28. The van der Waals surface area contributed by atoms with Crippen molar-refractivity contribution in [3.05, 3.63) is 36.2 Å². The van der Waals surface area contributed by atoms with Crippen LogP contribution in [0.25, 0.3) is 11.4 Å². The van der Waals surface area contributed by atoms with Crippen molar-refractivity contribution in [3.63, 3.8) is 0 Å². The molecule has 0 radical (unpaired) electrons. The standard InChI is InChI=1S/C19H28N6/c1-3-20-19(24-17-9-4-6-14(2)10-17)21-12-15-7-5-8-16(11-15)18-22-13-23-25-18/h5,7-8,11,13-14,17H,3-4,6,9-10,12H2,1-2H3,(H2,20,21,24)(H,22,23,25). The lowest BCUT2D eigenvalue weighted by Crippen LogP contribution is -2.45. The molecule has 1 aromatic carbocycles.